The van der Waals surface area contributed by atoms with Crippen LogP contribution in [0.2, 0.25) is 0 Å². The van der Waals surface area contributed by atoms with Crippen molar-refractivity contribution in [2.24, 2.45) is 7.05 Å². The molecule has 82 valence electrons. The van der Waals surface area contributed by atoms with Crippen LogP contribution >= 0.6 is 0 Å². The predicted molar refractivity (Wildman–Crippen MR) is 56.2 cm³/mol. The summed E-state index contributed by atoms with van der Waals surface area (Å²) in [5, 5.41) is 0. The normalized spacial score (nSPS) is 10.2. The second-order valence-corrected chi connectivity index (χ2v) is 3.54. The van der Waals surface area contributed by atoms with Crippen LogP contribution in [-0.4, -0.2) is 23.4 Å². The van der Waals surface area contributed by atoms with Crippen molar-refractivity contribution in [1.82, 2.24) is 4.57 Å². The Balaban J connectivity index is 3.49. The van der Waals surface area contributed by atoms with Crippen molar-refractivity contribution in [2.45, 2.75) is 20.8 Å². The van der Waals surface area contributed by atoms with Gasteiger partial charge in [-0.25, -0.2) is 4.79 Å². The summed E-state index contributed by atoms with van der Waals surface area (Å²) in [5.74, 6) is -0.443. The van der Waals surface area contributed by atoms with Gasteiger partial charge in [-0.15, -0.1) is 0 Å². The van der Waals surface area contributed by atoms with Crippen LogP contribution in [0.15, 0.2) is 0 Å². The molecule has 4 heteroatoms. The average Bonchev–Trinajstić information content (AvgIpc) is 2.37. The molecule has 0 aliphatic heterocycles. The van der Waals surface area contributed by atoms with E-state index >= 15 is 0 Å². The van der Waals surface area contributed by atoms with Gasteiger partial charge in [0.05, 0.1) is 7.11 Å². The molecule has 0 spiro atoms. The number of Topliss-reactive ketones (excluding diaryl/α,β-unsaturated/α-hetero) is 1. The summed E-state index contributed by atoms with van der Waals surface area (Å²) in [6, 6.07) is 0. The van der Waals surface area contributed by atoms with E-state index in [2.05, 4.69) is 4.74 Å². The van der Waals surface area contributed by atoms with Gasteiger partial charge >= 0.3 is 5.97 Å². The van der Waals surface area contributed by atoms with E-state index in [1.54, 1.807) is 18.5 Å². The van der Waals surface area contributed by atoms with Gasteiger partial charge < -0.3 is 9.30 Å². The molecule has 15 heavy (non-hydrogen) atoms. The molecular formula is C11H15NO3. The quantitative estimate of drug-likeness (QED) is 0.549. The molecule has 0 saturated carbocycles. The van der Waals surface area contributed by atoms with Crippen molar-refractivity contribution in [3.05, 3.63) is 22.5 Å². The molecule has 4 nitrogen and oxygen atoms in total. The molecular weight excluding hydrogens is 194 g/mol. The molecule has 1 aromatic rings. The lowest BCUT2D eigenvalue weighted by molar-refractivity contribution is 0.0588. The molecule has 0 radical (unpaired) electrons. The minimum absolute atomic E-state index is 0.0317. The van der Waals surface area contributed by atoms with Crippen molar-refractivity contribution in [3.8, 4) is 0 Å². The lowest BCUT2D eigenvalue weighted by atomic mass is 10.1. The van der Waals surface area contributed by atoms with E-state index in [9.17, 15) is 9.59 Å². The van der Waals surface area contributed by atoms with Gasteiger partial charge in [-0.1, -0.05) is 0 Å². The van der Waals surface area contributed by atoms with Crippen LogP contribution < -0.4 is 0 Å². The first-order chi connectivity index (χ1) is 6.91. The van der Waals surface area contributed by atoms with E-state index < -0.39 is 5.97 Å². The summed E-state index contributed by atoms with van der Waals surface area (Å²) in [5.41, 5.74) is 2.54. The Morgan fingerprint density at radius 1 is 1.27 bits per heavy atom. The Morgan fingerprint density at radius 2 is 1.80 bits per heavy atom. The zero-order chi connectivity index (χ0) is 11.7. The first-order valence-electron chi connectivity index (χ1n) is 4.67. The second kappa shape index (κ2) is 3.88. The SMILES string of the molecule is COC(=O)c1c(C)c(C(C)=O)c(C)n1C. The number of nitrogens with zero attached hydrogens (tertiary/aromatic N) is 1. The van der Waals surface area contributed by atoms with Gasteiger partial charge in [0.1, 0.15) is 5.69 Å². The summed E-state index contributed by atoms with van der Waals surface area (Å²) in [7, 11) is 3.08. The fourth-order valence-electron chi connectivity index (χ4n) is 1.88. The van der Waals surface area contributed by atoms with Crippen molar-refractivity contribution in [1.29, 1.82) is 0 Å². The molecule has 0 aromatic carbocycles. The maximum atomic E-state index is 11.5. The smallest absolute Gasteiger partial charge is 0.354 e. The Kier molecular flexibility index (Phi) is 2.98. The lowest BCUT2D eigenvalue weighted by Gasteiger charge is -2.03. The van der Waals surface area contributed by atoms with E-state index in [-0.39, 0.29) is 5.78 Å². The zero-order valence-electron chi connectivity index (χ0n) is 9.67. The standard InChI is InChI=1S/C11H15NO3/c1-6-9(8(3)13)7(2)12(4)10(6)11(14)15-5/h1-5H3. The van der Waals surface area contributed by atoms with Crippen molar-refractivity contribution in [3.63, 3.8) is 0 Å². The largest absolute Gasteiger partial charge is 0.464 e. The van der Waals surface area contributed by atoms with Gasteiger partial charge in [0.15, 0.2) is 5.78 Å². The number of ketones is 1. The summed E-state index contributed by atoms with van der Waals surface area (Å²) in [6.07, 6.45) is 0. The molecule has 0 amide bonds. The van der Waals surface area contributed by atoms with Crippen LogP contribution in [0.3, 0.4) is 0 Å². The van der Waals surface area contributed by atoms with Gasteiger partial charge in [0.2, 0.25) is 0 Å². The summed E-state index contributed by atoms with van der Waals surface area (Å²) < 4.78 is 6.37. The zero-order valence-corrected chi connectivity index (χ0v) is 9.67. The fourth-order valence-corrected chi connectivity index (χ4v) is 1.88. The highest BCUT2D eigenvalue weighted by atomic mass is 16.5. The Labute approximate surface area is 88.8 Å². The Bertz CT molecular complexity index is 430. The van der Waals surface area contributed by atoms with Gasteiger partial charge in [0, 0.05) is 18.3 Å². The van der Waals surface area contributed by atoms with E-state index in [1.165, 1.54) is 14.0 Å². The summed E-state index contributed by atoms with van der Waals surface area (Å²) in [6.45, 7) is 5.07. The first kappa shape index (κ1) is 11.5. The van der Waals surface area contributed by atoms with E-state index in [4.69, 9.17) is 0 Å². The third-order valence-electron chi connectivity index (χ3n) is 2.66. The highest BCUT2D eigenvalue weighted by molar-refractivity contribution is 6.01. The number of ether oxygens (including phenoxy) is 1. The molecule has 1 rings (SSSR count). The highest BCUT2D eigenvalue weighted by Gasteiger charge is 2.23. The van der Waals surface area contributed by atoms with Crippen molar-refractivity contribution < 1.29 is 14.3 Å². The lowest BCUT2D eigenvalue weighted by Crippen LogP contribution is -2.09. The fraction of sp³-hybridized carbons (Fsp3) is 0.455. The molecule has 0 bridgehead atoms. The van der Waals surface area contributed by atoms with Crippen molar-refractivity contribution in [2.75, 3.05) is 7.11 Å². The monoisotopic (exact) mass is 209 g/mol. The maximum absolute atomic E-state index is 11.5. The molecule has 0 N–H and O–H groups in total. The second-order valence-electron chi connectivity index (χ2n) is 3.54. The van der Waals surface area contributed by atoms with E-state index in [0.29, 0.717) is 16.8 Å². The first-order valence-corrected chi connectivity index (χ1v) is 4.67. The summed E-state index contributed by atoms with van der Waals surface area (Å²) >= 11 is 0. The molecule has 0 fully saturated rings. The van der Waals surface area contributed by atoms with Gasteiger partial charge in [-0.05, 0) is 26.3 Å². The molecule has 0 atom stereocenters. The number of carbonyl (C=O) groups excluding carboxylic acids is 2. The van der Waals surface area contributed by atoms with Crippen LogP contribution in [-0.2, 0) is 11.8 Å². The van der Waals surface area contributed by atoms with E-state index in [0.717, 1.165) is 5.69 Å². The topological polar surface area (TPSA) is 48.3 Å². The number of carbonyl (C=O) groups is 2. The maximum Gasteiger partial charge on any atom is 0.354 e. The Morgan fingerprint density at radius 3 is 2.13 bits per heavy atom. The van der Waals surface area contributed by atoms with Crippen LogP contribution in [0.4, 0.5) is 0 Å². The number of aromatic nitrogens is 1. The van der Waals surface area contributed by atoms with Gasteiger partial charge in [-0.3, -0.25) is 4.79 Å². The van der Waals surface area contributed by atoms with Crippen LogP contribution in [0.25, 0.3) is 0 Å². The minimum atomic E-state index is -0.411. The molecule has 0 aliphatic carbocycles. The van der Waals surface area contributed by atoms with Crippen LogP contribution in [0, 0.1) is 13.8 Å². The van der Waals surface area contributed by atoms with Crippen LogP contribution in [0.5, 0.6) is 0 Å². The van der Waals surface area contributed by atoms with E-state index in [1.807, 2.05) is 6.92 Å². The predicted octanol–water partition coefficient (Wildman–Crippen LogP) is 1.63. The number of hydrogen-bond donors (Lipinski definition) is 0. The summed E-state index contributed by atoms with van der Waals surface area (Å²) in [4.78, 5) is 22.9. The number of methoxy groups -OCH3 is 1. The molecule has 0 saturated heterocycles. The molecule has 1 heterocycles. The molecule has 0 aliphatic rings. The number of rotatable bonds is 2. The molecule has 1 aromatic heterocycles. The van der Waals surface area contributed by atoms with Gasteiger partial charge in [0.25, 0.3) is 0 Å². The Hall–Kier alpha value is -1.58. The number of hydrogen-bond acceptors (Lipinski definition) is 3. The third kappa shape index (κ3) is 1.67. The van der Waals surface area contributed by atoms with Gasteiger partial charge in [-0.2, -0.15) is 0 Å². The average molecular weight is 209 g/mol. The highest BCUT2D eigenvalue weighted by Crippen LogP contribution is 2.21. The third-order valence-corrected chi connectivity index (χ3v) is 2.66. The minimum Gasteiger partial charge on any atom is -0.464 e. The van der Waals surface area contributed by atoms with Crippen LogP contribution in [0.1, 0.15) is 39.0 Å². The molecule has 0 unspecified atom stereocenters. The van der Waals surface area contributed by atoms with Crippen molar-refractivity contribution >= 4 is 11.8 Å². The number of esters is 1.